The van der Waals surface area contributed by atoms with E-state index in [1.54, 1.807) is 36.7 Å². The minimum Gasteiger partial charge on any atom is -0.508 e. The third-order valence-corrected chi connectivity index (χ3v) is 9.81. The average Bonchev–Trinajstić information content (AvgIpc) is 2.55. The molecule has 3 heteroatoms. The lowest BCUT2D eigenvalue weighted by molar-refractivity contribution is 0.475. The molecule has 134 valence electrons. The highest BCUT2D eigenvalue weighted by atomic mass is 35.5. The molecule has 1 aromatic carbocycles. The van der Waals surface area contributed by atoms with E-state index >= 15 is 0 Å². The van der Waals surface area contributed by atoms with E-state index in [4.69, 9.17) is 16.7 Å². The lowest BCUT2D eigenvalue weighted by Gasteiger charge is -2.26. The first-order chi connectivity index (χ1) is 11.0. The summed E-state index contributed by atoms with van der Waals surface area (Å²) in [6.45, 7) is 9.46. The Bertz CT molecular complexity index is 356. The predicted octanol–water partition coefficient (Wildman–Crippen LogP) is 7.47. The molecule has 0 fully saturated rings. The summed E-state index contributed by atoms with van der Waals surface area (Å²) in [4.78, 5) is 0. The van der Waals surface area contributed by atoms with E-state index in [2.05, 4.69) is 27.7 Å². The zero-order chi connectivity index (χ0) is 17.6. The molecule has 0 aliphatic carbocycles. The average molecular weight is 360 g/mol. The maximum absolute atomic E-state index is 8.73. The highest BCUT2D eigenvalue weighted by Crippen LogP contribution is 2.60. The van der Waals surface area contributed by atoms with Crippen molar-refractivity contribution in [1.82, 2.24) is 0 Å². The quantitative estimate of drug-likeness (QED) is 0.429. The van der Waals surface area contributed by atoms with Crippen LogP contribution >= 0.6 is 18.9 Å². The summed E-state index contributed by atoms with van der Waals surface area (Å²) in [6, 6.07) is 6.46. The van der Waals surface area contributed by atoms with Crippen molar-refractivity contribution in [3.05, 3.63) is 29.3 Å². The molecule has 0 aliphatic heterocycles. The zero-order valence-corrected chi connectivity index (χ0v) is 17.3. The van der Waals surface area contributed by atoms with Crippen LogP contribution < -0.4 is 0 Å². The topological polar surface area (TPSA) is 20.2 Å². The van der Waals surface area contributed by atoms with Crippen molar-refractivity contribution in [2.24, 2.45) is 0 Å². The van der Waals surface area contributed by atoms with Gasteiger partial charge in [-0.1, -0.05) is 57.7 Å². The van der Waals surface area contributed by atoms with E-state index in [0.717, 1.165) is 0 Å². The van der Waals surface area contributed by atoms with Gasteiger partial charge in [0.1, 0.15) is 5.75 Å². The normalized spacial score (nSPS) is 11.0. The smallest absolute Gasteiger partial charge is 0.117 e. The second-order valence-electron chi connectivity index (χ2n) is 6.37. The highest BCUT2D eigenvalue weighted by molar-refractivity contribution is 7.75. The first-order valence-corrected chi connectivity index (χ1v) is 12.2. The Labute approximate surface area is 150 Å². The van der Waals surface area contributed by atoms with Crippen molar-refractivity contribution in [1.29, 1.82) is 0 Å². The maximum atomic E-state index is 8.73. The van der Waals surface area contributed by atoms with Crippen LogP contribution in [0.5, 0.6) is 5.75 Å². The van der Waals surface area contributed by atoms with Crippen molar-refractivity contribution >= 4 is 18.9 Å². The second-order valence-corrected chi connectivity index (χ2v) is 11.5. The van der Waals surface area contributed by atoms with Crippen LogP contribution in [0.3, 0.4) is 0 Å². The molecule has 0 atom stereocenters. The monoisotopic (exact) mass is 359 g/mol. The molecule has 0 heterocycles. The number of phenols is 1. The molecule has 0 bridgehead atoms. The van der Waals surface area contributed by atoms with Crippen LogP contribution in [0.1, 0.15) is 66.2 Å². The van der Waals surface area contributed by atoms with Gasteiger partial charge in [-0.25, -0.2) is 0 Å². The fourth-order valence-electron chi connectivity index (χ4n) is 2.77. The lowest BCUT2D eigenvalue weighted by atomic mass is 10.3. The minimum absolute atomic E-state index is 0.206. The molecule has 0 radical (unpaired) electrons. The molecular weight excluding hydrogens is 323 g/mol. The van der Waals surface area contributed by atoms with Gasteiger partial charge in [-0.3, -0.25) is 0 Å². The molecule has 23 heavy (non-hydrogen) atoms. The Hall–Kier alpha value is -0.260. The summed E-state index contributed by atoms with van der Waals surface area (Å²) in [7, 11) is -0.527. The molecule has 0 unspecified atom stereocenters. The SMILES string of the molecule is CCCC[P+](CC)(CCCC)CCCC.Oc1cccc(Cl)c1. The van der Waals surface area contributed by atoms with Crippen LogP contribution in [0.2, 0.25) is 5.02 Å². The molecule has 1 N–H and O–H groups in total. The summed E-state index contributed by atoms with van der Waals surface area (Å²) in [6.07, 6.45) is 14.9. The largest absolute Gasteiger partial charge is 0.508 e. The summed E-state index contributed by atoms with van der Waals surface area (Å²) in [5.41, 5.74) is 0. The van der Waals surface area contributed by atoms with Crippen molar-refractivity contribution in [3.63, 3.8) is 0 Å². The molecule has 0 amide bonds. The summed E-state index contributed by atoms with van der Waals surface area (Å²) < 4.78 is 0. The number of hydrogen-bond donors (Lipinski definition) is 1. The van der Waals surface area contributed by atoms with Crippen LogP contribution in [0.25, 0.3) is 0 Å². The number of halogens is 1. The Kier molecular flexibility index (Phi) is 14.0. The van der Waals surface area contributed by atoms with Crippen LogP contribution in [-0.4, -0.2) is 29.8 Å². The standard InChI is InChI=1S/C14H32P.C6H5ClO/c1-5-9-12-15(8-4,13-10-6-2)14-11-7-3;7-5-2-1-3-6(8)4-5/h5-14H2,1-4H3;1-4,8H/q+1;. The number of phenolic OH excluding ortho intramolecular Hbond substituents is 1. The highest BCUT2D eigenvalue weighted by Gasteiger charge is 2.32. The van der Waals surface area contributed by atoms with Gasteiger partial charge >= 0.3 is 0 Å². The van der Waals surface area contributed by atoms with E-state index in [0.29, 0.717) is 5.02 Å². The first kappa shape index (κ1) is 22.7. The van der Waals surface area contributed by atoms with E-state index in [9.17, 15) is 0 Å². The van der Waals surface area contributed by atoms with Gasteiger partial charge in [-0.05, 0) is 44.4 Å². The summed E-state index contributed by atoms with van der Waals surface area (Å²) in [5, 5.41) is 9.29. The van der Waals surface area contributed by atoms with Crippen molar-refractivity contribution < 1.29 is 5.11 Å². The first-order valence-electron chi connectivity index (χ1n) is 9.33. The molecule has 1 aromatic rings. The Balaban J connectivity index is 0.000000502. The van der Waals surface area contributed by atoms with Gasteiger partial charge in [0.2, 0.25) is 0 Å². The summed E-state index contributed by atoms with van der Waals surface area (Å²) >= 11 is 5.48. The van der Waals surface area contributed by atoms with Gasteiger partial charge in [0, 0.05) is 12.3 Å². The molecule has 0 saturated heterocycles. The summed E-state index contributed by atoms with van der Waals surface area (Å²) in [5.74, 6) is 0.206. The number of aromatic hydroxyl groups is 1. The molecule has 1 rings (SSSR count). The third-order valence-electron chi connectivity index (χ3n) is 4.44. The number of unbranched alkanes of at least 4 members (excludes halogenated alkanes) is 3. The van der Waals surface area contributed by atoms with Crippen LogP contribution in [0, 0.1) is 0 Å². The third kappa shape index (κ3) is 11.0. The van der Waals surface area contributed by atoms with Crippen molar-refractivity contribution in [2.45, 2.75) is 66.2 Å². The Morgan fingerprint density at radius 3 is 1.61 bits per heavy atom. The van der Waals surface area contributed by atoms with Gasteiger partial charge in [0.25, 0.3) is 0 Å². The van der Waals surface area contributed by atoms with Gasteiger partial charge in [0.05, 0.1) is 24.6 Å². The van der Waals surface area contributed by atoms with Gasteiger partial charge < -0.3 is 5.11 Å². The Morgan fingerprint density at radius 2 is 1.35 bits per heavy atom. The molecule has 1 nitrogen and oxygen atoms in total. The van der Waals surface area contributed by atoms with Crippen molar-refractivity contribution in [3.8, 4) is 5.75 Å². The van der Waals surface area contributed by atoms with Crippen LogP contribution in [0.4, 0.5) is 0 Å². The molecule has 0 spiro atoms. The number of benzene rings is 1. The zero-order valence-electron chi connectivity index (χ0n) is 15.7. The van der Waals surface area contributed by atoms with E-state index < -0.39 is 7.26 Å². The molecule has 0 aromatic heterocycles. The maximum Gasteiger partial charge on any atom is 0.117 e. The predicted molar refractivity (Wildman–Crippen MR) is 110 cm³/mol. The number of hydrogen-bond acceptors (Lipinski definition) is 1. The molecule has 0 saturated carbocycles. The van der Waals surface area contributed by atoms with Crippen molar-refractivity contribution in [2.75, 3.05) is 24.6 Å². The second kappa shape index (κ2) is 14.1. The van der Waals surface area contributed by atoms with Gasteiger partial charge in [-0.15, -0.1) is 0 Å². The molecule has 0 aliphatic rings. The van der Waals surface area contributed by atoms with Crippen LogP contribution in [-0.2, 0) is 0 Å². The number of rotatable bonds is 10. The van der Waals surface area contributed by atoms with E-state index in [1.807, 2.05) is 0 Å². The Morgan fingerprint density at radius 1 is 0.870 bits per heavy atom. The van der Waals surface area contributed by atoms with Crippen LogP contribution in [0.15, 0.2) is 24.3 Å². The van der Waals surface area contributed by atoms with E-state index in [1.165, 1.54) is 50.8 Å². The fourth-order valence-corrected chi connectivity index (χ4v) is 7.53. The van der Waals surface area contributed by atoms with Gasteiger partial charge in [-0.2, -0.15) is 0 Å². The molecular formula is C20H37ClOP+. The lowest BCUT2D eigenvalue weighted by Crippen LogP contribution is -2.11. The fraction of sp³-hybridized carbons (Fsp3) is 0.700. The van der Waals surface area contributed by atoms with Gasteiger partial charge in [0.15, 0.2) is 0 Å². The minimum atomic E-state index is -0.527. The van der Waals surface area contributed by atoms with E-state index in [-0.39, 0.29) is 5.75 Å².